The minimum Gasteiger partial charge on any atom is -0.492 e. The van der Waals surface area contributed by atoms with Gasteiger partial charge in [-0.2, -0.15) is 5.10 Å². The van der Waals surface area contributed by atoms with Crippen LogP contribution in [0.4, 0.5) is 0 Å². The normalized spacial score (nSPS) is 19.6. The lowest BCUT2D eigenvalue weighted by molar-refractivity contribution is -0.131. The van der Waals surface area contributed by atoms with Gasteiger partial charge in [-0.3, -0.25) is 19.2 Å². The van der Waals surface area contributed by atoms with Crippen LogP contribution in [0.3, 0.4) is 0 Å². The summed E-state index contributed by atoms with van der Waals surface area (Å²) in [5.74, 6) is -0.461. The molecule has 4 aromatic rings. The van der Waals surface area contributed by atoms with Crippen molar-refractivity contribution in [1.82, 2.24) is 41.2 Å². The number of fused-ring (bicyclic) bond motifs is 14. The first-order chi connectivity index (χ1) is 22.6. The number of amides is 4. The fraction of sp³-hybridized carbons (Fsp3) is 0.364. The van der Waals surface area contributed by atoms with Crippen molar-refractivity contribution in [1.29, 1.82) is 0 Å². The molecule has 0 unspecified atom stereocenters. The van der Waals surface area contributed by atoms with Gasteiger partial charge in [-0.1, -0.05) is 61.5 Å². The standard InChI is InChI=1S/C33H38N8O6/c1-19(2)28-33(45)35-21(4)30-38-29(23-8-6-5-7-9-23)39-41(30)18-27(42)34-14-15-46-24-12-10-22(11-13-24)17-25(31(43)37-28)36-32(44)26-16-20(3)47-40-26/h5-13,16,19,21,25,28H,14-15,17-18H2,1-4H3,(H,34,42)(H,35,45)(H,36,44)(H,37,43)/t21-,25-,28+/m0/s1. The first kappa shape index (κ1) is 32.9. The number of aryl methyl sites for hydroxylation is 1. The lowest BCUT2D eigenvalue weighted by atomic mass is 10.0. The smallest absolute Gasteiger partial charge is 0.274 e. The highest BCUT2D eigenvalue weighted by atomic mass is 16.5. The quantitative estimate of drug-likeness (QED) is 0.259. The Bertz CT molecular complexity index is 1720. The molecule has 3 atom stereocenters. The molecule has 6 rings (SSSR count). The molecule has 0 aliphatic carbocycles. The van der Waals surface area contributed by atoms with Crippen molar-refractivity contribution in [3.63, 3.8) is 0 Å². The maximum atomic E-state index is 13.8. The summed E-state index contributed by atoms with van der Waals surface area (Å²) < 4.78 is 12.3. The summed E-state index contributed by atoms with van der Waals surface area (Å²) in [7, 11) is 0. The molecule has 0 fully saturated rings. The Labute approximate surface area is 271 Å². The summed E-state index contributed by atoms with van der Waals surface area (Å²) in [6.07, 6.45) is 0.124. The van der Waals surface area contributed by atoms with E-state index >= 15 is 0 Å². The Morgan fingerprint density at radius 2 is 1.77 bits per heavy atom. The molecule has 47 heavy (non-hydrogen) atoms. The number of aromatic nitrogens is 4. The Morgan fingerprint density at radius 1 is 1.02 bits per heavy atom. The molecule has 2 aromatic carbocycles. The van der Waals surface area contributed by atoms with Crippen molar-refractivity contribution in [3.05, 3.63) is 83.5 Å². The number of rotatable bonds is 4. The molecule has 4 amide bonds. The average Bonchev–Trinajstić information content (AvgIpc) is 3.68. The number of carbonyl (C=O) groups is 4. The maximum absolute atomic E-state index is 13.8. The molecular weight excluding hydrogens is 604 g/mol. The SMILES string of the molecule is Cc1cc(C(=O)N[C@H]2Cc3ccc(cc3)OCCNC(=O)Cn3nc(-c4ccccc4)nc3[C@H](C)NC(=O)[C@@H](C(C)C)NC2=O)no1. The number of hydrogen-bond donors (Lipinski definition) is 4. The van der Waals surface area contributed by atoms with Crippen LogP contribution in [0.5, 0.6) is 5.75 Å². The van der Waals surface area contributed by atoms with E-state index in [4.69, 9.17) is 9.26 Å². The highest BCUT2D eigenvalue weighted by molar-refractivity contribution is 5.97. The van der Waals surface area contributed by atoms with E-state index in [0.717, 1.165) is 11.1 Å². The molecule has 14 heteroatoms. The number of carbonyl (C=O) groups excluding carboxylic acids is 4. The maximum Gasteiger partial charge on any atom is 0.274 e. The van der Waals surface area contributed by atoms with Gasteiger partial charge in [0.05, 0.1) is 12.6 Å². The first-order valence-corrected chi connectivity index (χ1v) is 15.4. The molecule has 4 heterocycles. The van der Waals surface area contributed by atoms with Gasteiger partial charge < -0.3 is 30.5 Å². The Hall–Kier alpha value is -5.53. The average molecular weight is 643 g/mol. The largest absolute Gasteiger partial charge is 0.492 e. The van der Waals surface area contributed by atoms with Gasteiger partial charge in [0, 0.05) is 18.1 Å². The van der Waals surface area contributed by atoms with E-state index in [0.29, 0.717) is 23.2 Å². The van der Waals surface area contributed by atoms with Gasteiger partial charge in [-0.15, -0.1) is 0 Å². The van der Waals surface area contributed by atoms with Crippen LogP contribution >= 0.6 is 0 Å². The molecule has 0 saturated heterocycles. The van der Waals surface area contributed by atoms with Crippen LogP contribution in [-0.4, -0.2) is 68.8 Å². The third-order valence-electron chi connectivity index (χ3n) is 7.56. The van der Waals surface area contributed by atoms with E-state index in [1.165, 1.54) is 10.7 Å². The molecule has 2 aliphatic rings. The second kappa shape index (κ2) is 14.7. The highest BCUT2D eigenvalue weighted by Gasteiger charge is 2.31. The lowest BCUT2D eigenvalue weighted by Crippen LogP contribution is -2.56. The third kappa shape index (κ3) is 8.39. The second-order valence-electron chi connectivity index (χ2n) is 11.7. The van der Waals surface area contributed by atoms with Gasteiger partial charge >= 0.3 is 0 Å². The molecule has 14 nitrogen and oxygen atoms in total. The van der Waals surface area contributed by atoms with Crippen LogP contribution in [0.1, 0.15) is 54.4 Å². The number of hydrogen-bond acceptors (Lipinski definition) is 9. The Balaban J connectivity index is 1.45. The zero-order valence-corrected chi connectivity index (χ0v) is 26.6. The fourth-order valence-corrected chi connectivity index (χ4v) is 5.08. The summed E-state index contributed by atoms with van der Waals surface area (Å²) in [6.45, 7) is 7.32. The van der Waals surface area contributed by atoms with E-state index in [-0.39, 0.29) is 43.6 Å². The lowest BCUT2D eigenvalue weighted by Gasteiger charge is -2.26. The predicted molar refractivity (Wildman–Crippen MR) is 170 cm³/mol. The van der Waals surface area contributed by atoms with E-state index in [1.54, 1.807) is 52.0 Å². The van der Waals surface area contributed by atoms with Crippen LogP contribution in [0.25, 0.3) is 11.4 Å². The van der Waals surface area contributed by atoms with Gasteiger partial charge in [-0.05, 0) is 37.5 Å². The van der Waals surface area contributed by atoms with Crippen molar-refractivity contribution in [2.45, 2.75) is 58.8 Å². The summed E-state index contributed by atoms with van der Waals surface area (Å²) in [6, 6.07) is 15.1. The Kier molecular flexibility index (Phi) is 10.3. The molecule has 0 spiro atoms. The van der Waals surface area contributed by atoms with Crippen molar-refractivity contribution in [3.8, 4) is 17.1 Å². The zero-order chi connectivity index (χ0) is 33.5. The van der Waals surface area contributed by atoms with Crippen LogP contribution < -0.4 is 26.0 Å². The summed E-state index contributed by atoms with van der Waals surface area (Å²) in [5.41, 5.74) is 1.52. The predicted octanol–water partition coefficient (Wildman–Crippen LogP) is 2.11. The molecule has 2 aromatic heterocycles. The molecular formula is C33H38N8O6. The summed E-state index contributed by atoms with van der Waals surface area (Å²) in [5, 5.41) is 19.7. The van der Waals surface area contributed by atoms with Crippen LogP contribution in [-0.2, 0) is 27.3 Å². The molecule has 0 radical (unpaired) electrons. The summed E-state index contributed by atoms with van der Waals surface area (Å²) >= 11 is 0. The summed E-state index contributed by atoms with van der Waals surface area (Å²) in [4.78, 5) is 58.1. The fourth-order valence-electron chi connectivity index (χ4n) is 5.08. The molecule has 0 saturated carbocycles. The minimum absolute atomic E-state index is 0.0311. The van der Waals surface area contributed by atoms with Crippen molar-refractivity contribution in [2.75, 3.05) is 13.2 Å². The van der Waals surface area contributed by atoms with Gasteiger partial charge in [0.2, 0.25) is 17.7 Å². The number of nitrogens with one attached hydrogen (secondary N) is 4. The highest BCUT2D eigenvalue weighted by Crippen LogP contribution is 2.20. The van der Waals surface area contributed by atoms with E-state index in [9.17, 15) is 19.2 Å². The number of benzene rings is 2. The van der Waals surface area contributed by atoms with Gasteiger partial charge in [0.1, 0.15) is 42.6 Å². The number of ether oxygens (including phenoxy) is 1. The van der Waals surface area contributed by atoms with Crippen LogP contribution in [0.2, 0.25) is 0 Å². The van der Waals surface area contributed by atoms with Gasteiger partial charge in [0.25, 0.3) is 5.91 Å². The van der Waals surface area contributed by atoms with Crippen molar-refractivity contribution < 1.29 is 28.4 Å². The first-order valence-electron chi connectivity index (χ1n) is 15.4. The second-order valence-corrected chi connectivity index (χ2v) is 11.7. The van der Waals surface area contributed by atoms with Crippen molar-refractivity contribution in [2.24, 2.45) is 5.92 Å². The third-order valence-corrected chi connectivity index (χ3v) is 7.56. The van der Waals surface area contributed by atoms with Crippen LogP contribution in [0, 0.1) is 12.8 Å². The van der Waals surface area contributed by atoms with Gasteiger partial charge in [0.15, 0.2) is 11.5 Å². The van der Waals surface area contributed by atoms with E-state index < -0.39 is 35.8 Å². The monoisotopic (exact) mass is 642 g/mol. The number of nitrogens with zero attached hydrogens (tertiary/aromatic N) is 4. The molecule has 2 bridgehead atoms. The van der Waals surface area contributed by atoms with E-state index in [2.05, 4.69) is 36.5 Å². The van der Waals surface area contributed by atoms with E-state index in [1.807, 2.05) is 30.3 Å². The molecule has 2 aliphatic heterocycles. The molecule has 4 N–H and O–H groups in total. The topological polar surface area (TPSA) is 182 Å². The molecule has 246 valence electrons. The van der Waals surface area contributed by atoms with Crippen molar-refractivity contribution >= 4 is 23.6 Å². The minimum atomic E-state index is -1.05. The van der Waals surface area contributed by atoms with Crippen LogP contribution in [0.15, 0.2) is 65.2 Å². The zero-order valence-electron chi connectivity index (χ0n) is 26.6. The van der Waals surface area contributed by atoms with Gasteiger partial charge in [-0.25, -0.2) is 9.67 Å². The Morgan fingerprint density at radius 3 is 2.45 bits per heavy atom.